The lowest BCUT2D eigenvalue weighted by atomic mass is 9.90. The van der Waals surface area contributed by atoms with Crippen molar-refractivity contribution < 1.29 is 4.39 Å². The zero-order valence-corrected chi connectivity index (χ0v) is 11.5. The maximum absolute atomic E-state index is 13.4. The predicted octanol–water partition coefficient (Wildman–Crippen LogP) is 3.75. The van der Waals surface area contributed by atoms with E-state index < -0.39 is 0 Å². The van der Waals surface area contributed by atoms with Crippen LogP contribution in [0.1, 0.15) is 42.0 Å². The van der Waals surface area contributed by atoms with Crippen molar-refractivity contribution in [2.45, 2.75) is 39.2 Å². The highest BCUT2D eigenvalue weighted by atomic mass is 19.1. The lowest BCUT2D eigenvalue weighted by Gasteiger charge is -2.23. The van der Waals surface area contributed by atoms with Crippen LogP contribution in [0.3, 0.4) is 0 Å². The summed E-state index contributed by atoms with van der Waals surface area (Å²) in [6.07, 6.45) is 4.20. The molecule has 98 valence electrons. The Balaban J connectivity index is 1.93. The summed E-state index contributed by atoms with van der Waals surface area (Å²) in [4.78, 5) is 0. The number of fused-ring (bicyclic) bond motifs is 1. The van der Waals surface area contributed by atoms with Gasteiger partial charge in [0.05, 0.1) is 0 Å². The van der Waals surface area contributed by atoms with Crippen LogP contribution < -0.4 is 5.32 Å². The van der Waals surface area contributed by atoms with Crippen molar-refractivity contribution in [2.24, 2.45) is 17.8 Å². The number of nitrogens with one attached hydrogen (secondary N) is 1. The molecule has 18 heavy (non-hydrogen) atoms. The van der Waals surface area contributed by atoms with Gasteiger partial charge in [-0.15, -0.1) is 0 Å². The third-order valence-electron chi connectivity index (χ3n) is 5.04. The Morgan fingerprint density at radius 2 is 1.72 bits per heavy atom. The van der Waals surface area contributed by atoms with Crippen LogP contribution in [-0.4, -0.2) is 7.05 Å². The SMILES string of the molecule is CNC(c1c(C)cc(F)cc1C)C1C2CCCC21. The monoisotopic (exact) mass is 247 g/mol. The summed E-state index contributed by atoms with van der Waals surface area (Å²) in [7, 11) is 2.04. The van der Waals surface area contributed by atoms with E-state index in [1.165, 1.54) is 24.8 Å². The van der Waals surface area contributed by atoms with Gasteiger partial charge < -0.3 is 5.32 Å². The smallest absolute Gasteiger partial charge is 0.123 e. The zero-order valence-electron chi connectivity index (χ0n) is 11.5. The summed E-state index contributed by atoms with van der Waals surface area (Å²) in [5, 5.41) is 3.49. The summed E-state index contributed by atoms with van der Waals surface area (Å²) in [5.41, 5.74) is 3.52. The van der Waals surface area contributed by atoms with Crippen molar-refractivity contribution >= 4 is 0 Å². The Labute approximate surface area is 109 Å². The molecule has 2 fully saturated rings. The zero-order chi connectivity index (χ0) is 12.9. The molecule has 2 aliphatic rings. The van der Waals surface area contributed by atoms with Gasteiger partial charge in [0, 0.05) is 6.04 Å². The molecule has 0 heterocycles. The molecule has 1 nitrogen and oxygen atoms in total. The van der Waals surface area contributed by atoms with Gasteiger partial charge in [0.1, 0.15) is 5.82 Å². The summed E-state index contributed by atoms with van der Waals surface area (Å²) < 4.78 is 13.4. The van der Waals surface area contributed by atoms with Crippen LogP contribution in [0.2, 0.25) is 0 Å². The standard InChI is InChI=1S/C16H22FN/c1-9-7-11(17)8-10(2)14(9)16(18-3)15-12-5-4-6-13(12)15/h7-8,12-13,15-16,18H,4-6H2,1-3H3. The summed E-state index contributed by atoms with van der Waals surface area (Å²) >= 11 is 0. The van der Waals surface area contributed by atoms with Crippen molar-refractivity contribution in [1.29, 1.82) is 0 Å². The Morgan fingerprint density at radius 1 is 1.17 bits per heavy atom. The predicted molar refractivity (Wildman–Crippen MR) is 72.0 cm³/mol. The number of hydrogen-bond donors (Lipinski definition) is 1. The topological polar surface area (TPSA) is 12.0 Å². The first-order valence-corrected chi connectivity index (χ1v) is 7.07. The van der Waals surface area contributed by atoms with Crippen molar-refractivity contribution in [3.8, 4) is 0 Å². The van der Waals surface area contributed by atoms with E-state index in [-0.39, 0.29) is 5.82 Å². The molecule has 2 aliphatic carbocycles. The number of hydrogen-bond acceptors (Lipinski definition) is 1. The molecule has 3 unspecified atom stereocenters. The van der Waals surface area contributed by atoms with Gasteiger partial charge in [0.15, 0.2) is 0 Å². The van der Waals surface area contributed by atoms with Crippen LogP contribution in [-0.2, 0) is 0 Å². The minimum absolute atomic E-state index is 0.111. The van der Waals surface area contributed by atoms with E-state index in [2.05, 4.69) is 5.32 Å². The Morgan fingerprint density at radius 3 is 2.22 bits per heavy atom. The van der Waals surface area contributed by atoms with Crippen LogP contribution in [0, 0.1) is 37.4 Å². The van der Waals surface area contributed by atoms with Gasteiger partial charge in [-0.1, -0.05) is 6.42 Å². The fourth-order valence-electron chi connectivity index (χ4n) is 4.31. The molecule has 0 bridgehead atoms. The molecule has 0 spiro atoms. The maximum atomic E-state index is 13.4. The molecule has 1 aromatic rings. The Kier molecular flexibility index (Phi) is 2.93. The molecule has 0 amide bonds. The van der Waals surface area contributed by atoms with Crippen LogP contribution in [0.5, 0.6) is 0 Å². The Bertz CT molecular complexity index is 435. The van der Waals surface area contributed by atoms with Crippen LogP contribution in [0.25, 0.3) is 0 Å². The molecule has 3 rings (SSSR count). The average molecular weight is 247 g/mol. The van der Waals surface area contributed by atoms with Crippen molar-refractivity contribution in [3.05, 3.63) is 34.6 Å². The molecule has 0 aromatic heterocycles. The number of aryl methyl sites for hydroxylation is 2. The van der Waals surface area contributed by atoms with Crippen LogP contribution in [0.4, 0.5) is 4.39 Å². The summed E-state index contributed by atoms with van der Waals surface area (Å²) in [6.45, 7) is 4.07. The second kappa shape index (κ2) is 4.34. The van der Waals surface area contributed by atoms with E-state index >= 15 is 0 Å². The van der Waals surface area contributed by atoms with Gasteiger partial charge in [-0.3, -0.25) is 0 Å². The lowest BCUT2D eigenvalue weighted by molar-refractivity contribution is 0.441. The fraction of sp³-hybridized carbons (Fsp3) is 0.625. The van der Waals surface area contributed by atoms with Crippen LogP contribution >= 0.6 is 0 Å². The van der Waals surface area contributed by atoms with Gasteiger partial charge >= 0.3 is 0 Å². The van der Waals surface area contributed by atoms with E-state index in [9.17, 15) is 4.39 Å². The number of benzene rings is 1. The van der Waals surface area contributed by atoms with Gasteiger partial charge in [-0.25, -0.2) is 4.39 Å². The molecular weight excluding hydrogens is 225 g/mol. The molecular formula is C16H22FN. The molecule has 1 N–H and O–H groups in total. The quantitative estimate of drug-likeness (QED) is 0.857. The van der Waals surface area contributed by atoms with Crippen molar-refractivity contribution in [1.82, 2.24) is 5.32 Å². The highest BCUT2D eigenvalue weighted by Crippen LogP contribution is 2.62. The maximum Gasteiger partial charge on any atom is 0.123 e. The largest absolute Gasteiger partial charge is 0.313 e. The lowest BCUT2D eigenvalue weighted by Crippen LogP contribution is -2.22. The summed E-state index contributed by atoms with van der Waals surface area (Å²) in [6, 6.07) is 3.76. The Hall–Kier alpha value is -0.890. The normalized spacial score (nSPS) is 31.2. The van der Waals surface area contributed by atoms with Gasteiger partial charge in [0.25, 0.3) is 0 Å². The number of halogens is 1. The van der Waals surface area contributed by atoms with Gasteiger partial charge in [-0.05, 0) is 80.3 Å². The molecule has 2 heteroatoms. The first kappa shape index (κ1) is 12.2. The van der Waals surface area contributed by atoms with E-state index in [0.29, 0.717) is 6.04 Å². The van der Waals surface area contributed by atoms with E-state index in [1.54, 1.807) is 12.1 Å². The molecule has 0 aliphatic heterocycles. The third kappa shape index (κ3) is 1.78. The molecule has 1 aromatic carbocycles. The molecule has 3 atom stereocenters. The van der Waals surface area contributed by atoms with Crippen LogP contribution in [0.15, 0.2) is 12.1 Å². The number of rotatable bonds is 3. The first-order valence-electron chi connectivity index (χ1n) is 7.07. The van der Waals surface area contributed by atoms with Crippen molar-refractivity contribution in [2.75, 3.05) is 7.05 Å². The average Bonchev–Trinajstić information content (AvgIpc) is 2.78. The summed E-state index contributed by atoms with van der Waals surface area (Å²) in [5.74, 6) is 2.52. The highest BCUT2D eigenvalue weighted by molar-refractivity contribution is 5.38. The first-order chi connectivity index (χ1) is 8.63. The van der Waals surface area contributed by atoms with Gasteiger partial charge in [0.2, 0.25) is 0 Å². The highest BCUT2D eigenvalue weighted by Gasteiger charge is 2.56. The fourth-order valence-corrected chi connectivity index (χ4v) is 4.31. The second-order valence-corrected chi connectivity index (χ2v) is 6.06. The van der Waals surface area contributed by atoms with Crippen molar-refractivity contribution in [3.63, 3.8) is 0 Å². The second-order valence-electron chi connectivity index (χ2n) is 6.06. The minimum atomic E-state index is -0.111. The third-order valence-corrected chi connectivity index (χ3v) is 5.04. The van der Waals surface area contributed by atoms with Gasteiger partial charge in [-0.2, -0.15) is 0 Å². The van der Waals surface area contributed by atoms with E-state index in [4.69, 9.17) is 0 Å². The molecule has 0 saturated heterocycles. The molecule has 0 radical (unpaired) electrons. The van der Waals surface area contributed by atoms with E-state index in [1.807, 2.05) is 20.9 Å². The van der Waals surface area contributed by atoms with E-state index in [0.717, 1.165) is 28.9 Å². The molecule has 2 saturated carbocycles. The minimum Gasteiger partial charge on any atom is -0.313 e.